The highest BCUT2D eigenvalue weighted by Gasteiger charge is 2.75. The Hall–Kier alpha value is -3.18. The van der Waals surface area contributed by atoms with Crippen LogP contribution in [0.15, 0.2) is 12.1 Å². The third-order valence-corrected chi connectivity index (χ3v) is 15.6. The van der Waals surface area contributed by atoms with Crippen molar-refractivity contribution in [3.8, 4) is 34.1 Å². The number of likely N-dealkylation sites (tertiary alicyclic amines) is 2. The number of ketones is 2. The van der Waals surface area contributed by atoms with Gasteiger partial charge in [0.15, 0.2) is 46.8 Å². The Morgan fingerprint density at radius 3 is 1.48 bits per heavy atom. The second-order valence-electron chi connectivity index (χ2n) is 17.8. The van der Waals surface area contributed by atoms with Crippen LogP contribution in [0, 0.1) is 11.8 Å². The largest absolute Gasteiger partial charge is 0.504 e. The fraction of sp³-hybridized carbons (Fsp3) is 0.650. The summed E-state index contributed by atoms with van der Waals surface area (Å²) in [4.78, 5) is 32.1. The minimum Gasteiger partial charge on any atom is -0.504 e. The lowest BCUT2D eigenvalue weighted by Crippen LogP contribution is -2.76. The molecule has 2 aromatic carbocycles. The molecular formula is C40H44N2O8. The van der Waals surface area contributed by atoms with Crippen LogP contribution in [0.5, 0.6) is 23.0 Å². The maximum atomic E-state index is 13.6. The van der Waals surface area contributed by atoms with E-state index in [-0.39, 0.29) is 59.5 Å². The Morgan fingerprint density at radius 1 is 0.660 bits per heavy atom. The minimum atomic E-state index is -1.14. The third-order valence-electron chi connectivity index (χ3n) is 15.6. The van der Waals surface area contributed by atoms with Gasteiger partial charge in [0.2, 0.25) is 0 Å². The first-order valence-corrected chi connectivity index (χ1v) is 19.2. The standard InChI is InChI=1S/C40H44N2O8/c43-25-5-7-39(47)27-15-21-13-23(31(45)33-29(21)37(39,35(25)49-33)9-11-41(27)17-19-1-2-19)24-14-22-16-28-40(48)8-6-26(44)36-38(40,30(22)34(50-36)32(24)46)10-12-42(28)18-20-3-4-20/h13-14,19-20,27-28,35-36,45-48H,1-12,15-18H2/t27-,28-,35?,36?,37+,38+,39?,40?/m1/s1. The van der Waals surface area contributed by atoms with Crippen LogP contribution in [-0.4, -0.2) is 103 Å². The van der Waals surface area contributed by atoms with E-state index in [1.165, 1.54) is 25.7 Å². The molecule has 2 aromatic rings. The van der Waals surface area contributed by atoms with E-state index in [2.05, 4.69) is 9.80 Å². The lowest BCUT2D eigenvalue weighted by molar-refractivity contribution is -0.188. The van der Waals surface area contributed by atoms with Gasteiger partial charge in [-0.25, -0.2) is 0 Å². The molecule has 0 aromatic heterocycles. The highest BCUT2D eigenvalue weighted by Crippen LogP contribution is 2.69. The maximum absolute atomic E-state index is 13.6. The number of phenols is 2. The first kappa shape index (κ1) is 29.4. The summed E-state index contributed by atoms with van der Waals surface area (Å²) in [5.41, 5.74) is 0.126. The van der Waals surface area contributed by atoms with E-state index in [1.54, 1.807) is 0 Å². The molecule has 8 atom stereocenters. The van der Waals surface area contributed by atoms with Gasteiger partial charge >= 0.3 is 0 Å². The number of rotatable bonds is 5. The predicted octanol–water partition coefficient (Wildman–Crippen LogP) is 3.03. The molecule has 2 saturated heterocycles. The quantitative estimate of drug-likeness (QED) is 0.373. The number of carbonyl (C=O) groups excluding carboxylic acids is 2. The van der Waals surface area contributed by atoms with Crippen LogP contribution >= 0.6 is 0 Å². The Labute approximate surface area is 290 Å². The van der Waals surface area contributed by atoms with E-state index >= 15 is 0 Å². The van der Waals surface area contributed by atoms with Crippen LogP contribution in [0.1, 0.15) is 86.5 Å². The van der Waals surface area contributed by atoms with E-state index in [0.717, 1.165) is 48.4 Å². The van der Waals surface area contributed by atoms with Gasteiger partial charge in [-0.1, -0.05) is 0 Å². The zero-order valence-corrected chi connectivity index (χ0v) is 28.2. The van der Waals surface area contributed by atoms with E-state index in [1.807, 2.05) is 12.1 Å². The van der Waals surface area contributed by atoms with E-state index in [0.29, 0.717) is 61.5 Å². The average Bonchev–Trinajstić information content (AvgIpc) is 4.02. The molecule has 12 rings (SSSR count). The highest BCUT2D eigenvalue weighted by atomic mass is 16.5. The number of aromatic hydroxyl groups is 2. The second kappa shape index (κ2) is 9.06. The number of Topliss-reactive ketones (excluding diaryl/α,β-unsaturated/α-hetero) is 2. The first-order chi connectivity index (χ1) is 24.1. The monoisotopic (exact) mass is 680 g/mol. The van der Waals surface area contributed by atoms with E-state index in [9.17, 15) is 30.0 Å². The molecule has 10 nitrogen and oxygen atoms in total. The summed E-state index contributed by atoms with van der Waals surface area (Å²) < 4.78 is 13.0. The van der Waals surface area contributed by atoms with Crippen molar-refractivity contribution in [2.24, 2.45) is 11.8 Å². The number of carbonyl (C=O) groups is 2. The number of aliphatic hydroxyl groups is 2. The number of hydrogen-bond donors (Lipinski definition) is 4. The Bertz CT molecular complexity index is 1830. The summed E-state index contributed by atoms with van der Waals surface area (Å²) in [6.07, 6.45) is 6.68. The maximum Gasteiger partial charge on any atom is 0.174 e. The Balaban J connectivity index is 1.04. The minimum absolute atomic E-state index is 0.0337. The Kier molecular flexibility index (Phi) is 5.33. The van der Waals surface area contributed by atoms with Crippen LogP contribution in [-0.2, 0) is 33.3 Å². The molecule has 0 radical (unpaired) electrons. The van der Waals surface area contributed by atoms with Gasteiger partial charge in [0.25, 0.3) is 0 Å². The smallest absolute Gasteiger partial charge is 0.174 e. The van der Waals surface area contributed by atoms with Crippen LogP contribution < -0.4 is 9.47 Å². The van der Waals surface area contributed by atoms with Gasteiger partial charge in [0, 0.05) is 60.3 Å². The number of hydrogen-bond acceptors (Lipinski definition) is 10. The van der Waals surface area contributed by atoms with Gasteiger partial charge in [-0.15, -0.1) is 0 Å². The molecule has 4 heterocycles. The molecular weight excluding hydrogens is 636 g/mol. The van der Waals surface area contributed by atoms with Crippen LogP contribution in [0.3, 0.4) is 0 Å². The molecule has 6 aliphatic carbocycles. The summed E-state index contributed by atoms with van der Waals surface area (Å²) in [5, 5.41) is 49.6. The zero-order chi connectivity index (χ0) is 33.7. The number of nitrogens with zero attached hydrogens (tertiary/aromatic N) is 2. The Morgan fingerprint density at radius 2 is 1.08 bits per heavy atom. The van der Waals surface area contributed by atoms with Crippen molar-refractivity contribution in [2.45, 2.75) is 123 Å². The van der Waals surface area contributed by atoms with Crippen molar-refractivity contribution in [1.29, 1.82) is 0 Å². The van der Waals surface area contributed by atoms with Crippen LogP contribution in [0.25, 0.3) is 11.1 Å². The molecule has 262 valence electrons. The number of ether oxygens (including phenoxy) is 2. The molecule has 4 N–H and O–H groups in total. The molecule has 10 heteroatoms. The fourth-order valence-electron chi connectivity index (χ4n) is 13.1. The molecule has 4 bridgehead atoms. The summed E-state index contributed by atoms with van der Waals surface area (Å²) in [7, 11) is 0. The van der Waals surface area contributed by atoms with Gasteiger partial charge in [-0.05, 0) is 112 Å². The summed E-state index contributed by atoms with van der Waals surface area (Å²) >= 11 is 0. The topological polar surface area (TPSA) is 140 Å². The fourth-order valence-corrected chi connectivity index (χ4v) is 13.1. The average molecular weight is 681 g/mol. The normalized spacial score (nSPS) is 41.8. The van der Waals surface area contributed by atoms with Gasteiger partial charge in [-0.3, -0.25) is 19.4 Å². The molecule has 4 saturated carbocycles. The number of piperidine rings is 2. The van der Waals surface area contributed by atoms with Gasteiger partial charge < -0.3 is 29.9 Å². The molecule has 6 fully saturated rings. The summed E-state index contributed by atoms with van der Waals surface area (Å²) in [6.45, 7) is 3.43. The first-order valence-electron chi connectivity index (χ1n) is 19.2. The van der Waals surface area contributed by atoms with E-state index in [4.69, 9.17) is 9.47 Å². The van der Waals surface area contributed by atoms with Crippen LogP contribution in [0.2, 0.25) is 0 Å². The van der Waals surface area contributed by atoms with Crippen molar-refractivity contribution >= 4 is 11.6 Å². The van der Waals surface area contributed by atoms with Crippen molar-refractivity contribution in [2.75, 3.05) is 26.2 Å². The molecule has 4 aliphatic heterocycles. The zero-order valence-electron chi connectivity index (χ0n) is 28.2. The lowest BCUT2D eigenvalue weighted by Gasteiger charge is -2.62. The molecule has 10 aliphatic rings. The van der Waals surface area contributed by atoms with Gasteiger partial charge in [-0.2, -0.15) is 0 Å². The number of phenolic OH excluding ortho intramolecular Hbond substituents is 2. The van der Waals surface area contributed by atoms with Gasteiger partial charge in [0.1, 0.15) is 0 Å². The number of benzene rings is 2. The lowest BCUT2D eigenvalue weighted by atomic mass is 9.48. The molecule has 4 unspecified atom stereocenters. The third kappa shape index (κ3) is 3.17. The summed E-state index contributed by atoms with van der Waals surface area (Å²) in [6, 6.07) is 3.56. The van der Waals surface area contributed by atoms with Crippen LogP contribution in [0.4, 0.5) is 0 Å². The van der Waals surface area contributed by atoms with Crippen molar-refractivity contribution in [1.82, 2.24) is 9.80 Å². The second-order valence-corrected chi connectivity index (χ2v) is 17.8. The predicted molar refractivity (Wildman–Crippen MR) is 179 cm³/mol. The van der Waals surface area contributed by atoms with Crippen molar-refractivity contribution in [3.63, 3.8) is 0 Å². The van der Waals surface area contributed by atoms with Crippen molar-refractivity contribution < 1.29 is 39.5 Å². The van der Waals surface area contributed by atoms with Gasteiger partial charge in [0.05, 0.1) is 22.0 Å². The van der Waals surface area contributed by atoms with Crippen molar-refractivity contribution in [3.05, 3.63) is 34.4 Å². The molecule has 2 spiro atoms. The highest BCUT2D eigenvalue weighted by molar-refractivity contribution is 5.94. The summed E-state index contributed by atoms with van der Waals surface area (Å²) in [5.74, 6) is 1.45. The molecule has 0 amide bonds. The SMILES string of the molecule is O=C1CCC2(O)[C@H]3Cc4cc(-c5cc6c7c(c5O)OC5C(=O)CCC8(O)[C@@H](C6)N(CC6CC6)CC[C@]758)c(O)c5c4[C@@]2(CCN3CC2CC2)C1O5. The van der Waals surface area contributed by atoms with E-state index < -0.39 is 34.2 Å². The molecule has 50 heavy (non-hydrogen) atoms.